The number of esters is 3. The molecule has 1 unspecified atom stereocenters. The molecular weight excluding hydrogens is 522 g/mol. The summed E-state index contributed by atoms with van der Waals surface area (Å²) in [4.78, 5) is 59.0. The molecule has 3 N–H and O–H groups in total. The molecule has 13 heteroatoms. The lowest BCUT2D eigenvalue weighted by Crippen LogP contribution is -2.51. The van der Waals surface area contributed by atoms with E-state index in [2.05, 4.69) is 15.3 Å². The molecule has 1 saturated heterocycles. The van der Waals surface area contributed by atoms with Crippen LogP contribution in [0.1, 0.15) is 60.3 Å². The minimum atomic E-state index is -1.60. The molecule has 0 aromatic carbocycles. The third kappa shape index (κ3) is 5.25. The Hall–Kier alpha value is -4.00. The van der Waals surface area contributed by atoms with Gasteiger partial charge < -0.3 is 34.6 Å². The van der Waals surface area contributed by atoms with Gasteiger partial charge in [0.15, 0.2) is 17.9 Å². The first kappa shape index (κ1) is 29.0. The van der Waals surface area contributed by atoms with Crippen LogP contribution in [0.5, 0.6) is 0 Å². The molecule has 2 aromatic rings. The van der Waals surface area contributed by atoms with Crippen molar-refractivity contribution in [3.05, 3.63) is 24.2 Å². The normalized spacial score (nSPS) is 24.2. The molecule has 216 valence electrons. The van der Waals surface area contributed by atoms with Crippen molar-refractivity contribution < 1.29 is 38.1 Å². The summed E-state index contributed by atoms with van der Waals surface area (Å²) in [6, 6.07) is 0. The second-order valence-electron chi connectivity index (χ2n) is 11.0. The number of anilines is 1. The van der Waals surface area contributed by atoms with E-state index in [1.54, 1.807) is 59.2 Å². The van der Waals surface area contributed by atoms with Gasteiger partial charge in [-0.1, -0.05) is 41.5 Å². The van der Waals surface area contributed by atoms with Gasteiger partial charge in [0, 0.05) is 23.5 Å². The summed E-state index contributed by atoms with van der Waals surface area (Å²) in [6.07, 6.45) is 0.857. The first-order chi connectivity index (χ1) is 18.7. The van der Waals surface area contributed by atoms with E-state index >= 15 is 0 Å². The second kappa shape index (κ2) is 10.9. The van der Waals surface area contributed by atoms with Crippen molar-refractivity contribution in [2.24, 2.45) is 23.5 Å². The highest BCUT2D eigenvalue weighted by Crippen LogP contribution is 2.46. The quantitative estimate of drug-likeness (QED) is 0.360. The molecule has 0 spiro atoms. The maximum atomic E-state index is 13.0. The maximum Gasteiger partial charge on any atom is 0.309 e. The Labute approximate surface area is 231 Å². The van der Waals surface area contributed by atoms with Crippen molar-refractivity contribution >= 4 is 46.4 Å². The van der Waals surface area contributed by atoms with Crippen LogP contribution in [-0.4, -0.2) is 62.8 Å². The number of ether oxygens (including phenoxy) is 4. The highest BCUT2D eigenvalue weighted by Gasteiger charge is 2.61. The number of aromatic nitrogens is 3. The molecule has 0 radical (unpaired) electrons. The third-order valence-electron chi connectivity index (χ3n) is 6.77. The first-order valence-electron chi connectivity index (χ1n) is 13.1. The lowest BCUT2D eigenvalue weighted by atomic mass is 9.95. The zero-order valence-corrected chi connectivity index (χ0v) is 23.6. The average Bonchev–Trinajstić information content (AvgIpc) is 3.34. The van der Waals surface area contributed by atoms with E-state index in [0.29, 0.717) is 16.6 Å². The molecule has 40 heavy (non-hydrogen) atoms. The highest BCUT2D eigenvalue weighted by atomic mass is 16.7. The predicted molar refractivity (Wildman–Crippen MR) is 142 cm³/mol. The van der Waals surface area contributed by atoms with Crippen LogP contribution in [-0.2, 0) is 38.1 Å². The van der Waals surface area contributed by atoms with Gasteiger partial charge in [0.2, 0.25) is 0 Å². The standard InChI is InChI=1S/C27H35N5O8/c1-12(2)23(34)37-10-17-20(39-24(35)13(3)4)27(7,40-25(36)14(5)6)26(38-17)32-9-15-16(28)8-18(33)31-21-19(15)22(32)30-11-29-21/h8-9,11-14,17,20,26H,10,28H2,1-7H3,(H,29,30,31,33)/t17-,20-,26-,27?/m1/s1. The van der Waals surface area contributed by atoms with Crippen molar-refractivity contribution in [3.8, 4) is 0 Å². The van der Waals surface area contributed by atoms with E-state index in [0.717, 1.165) is 0 Å². The van der Waals surface area contributed by atoms with E-state index in [-0.39, 0.29) is 18.1 Å². The SMILES string of the molecule is CC(C)C(=O)OC[C@H]1O[C@@H](n2cc3c4c(ncnc42)NC(=O)C=C3N)C(C)(OC(=O)C(C)C)[C@@H]1OC(=O)C(C)C. The van der Waals surface area contributed by atoms with Crippen LogP contribution in [0.4, 0.5) is 5.82 Å². The molecule has 1 amide bonds. The van der Waals surface area contributed by atoms with Crippen molar-refractivity contribution in [2.45, 2.75) is 72.5 Å². The summed E-state index contributed by atoms with van der Waals surface area (Å²) >= 11 is 0. The van der Waals surface area contributed by atoms with Gasteiger partial charge in [0.05, 0.1) is 23.1 Å². The second-order valence-corrected chi connectivity index (χ2v) is 11.0. The zero-order chi connectivity index (χ0) is 29.5. The molecule has 0 bridgehead atoms. The highest BCUT2D eigenvalue weighted by molar-refractivity contribution is 6.13. The van der Waals surface area contributed by atoms with Gasteiger partial charge in [-0.3, -0.25) is 19.2 Å². The minimum Gasteiger partial charge on any atom is -0.463 e. The average molecular weight is 558 g/mol. The van der Waals surface area contributed by atoms with Gasteiger partial charge in [-0.2, -0.15) is 0 Å². The number of amides is 1. The summed E-state index contributed by atoms with van der Waals surface area (Å²) in [7, 11) is 0. The number of nitrogens with one attached hydrogen (secondary N) is 1. The molecule has 2 aromatic heterocycles. The molecular formula is C27H35N5O8. The predicted octanol–water partition coefficient (Wildman–Crippen LogP) is 2.31. The largest absolute Gasteiger partial charge is 0.463 e. The summed E-state index contributed by atoms with van der Waals surface area (Å²) in [6.45, 7) is 11.4. The Morgan fingerprint density at radius 3 is 2.35 bits per heavy atom. The van der Waals surface area contributed by atoms with Crippen LogP contribution >= 0.6 is 0 Å². The Kier molecular flexibility index (Phi) is 7.88. The molecule has 1 fully saturated rings. The van der Waals surface area contributed by atoms with Gasteiger partial charge in [0.25, 0.3) is 5.91 Å². The molecule has 2 aliphatic heterocycles. The Balaban J connectivity index is 1.88. The van der Waals surface area contributed by atoms with E-state index in [1.165, 1.54) is 12.4 Å². The van der Waals surface area contributed by atoms with Gasteiger partial charge in [0.1, 0.15) is 30.5 Å². The van der Waals surface area contributed by atoms with Crippen molar-refractivity contribution in [3.63, 3.8) is 0 Å². The Morgan fingerprint density at radius 1 is 1.07 bits per heavy atom. The third-order valence-corrected chi connectivity index (χ3v) is 6.77. The lowest BCUT2D eigenvalue weighted by molar-refractivity contribution is -0.191. The van der Waals surface area contributed by atoms with Crippen LogP contribution in [0.25, 0.3) is 16.7 Å². The van der Waals surface area contributed by atoms with Gasteiger partial charge in [-0.15, -0.1) is 0 Å². The number of carbonyl (C=O) groups excluding carboxylic acids is 4. The summed E-state index contributed by atoms with van der Waals surface area (Å²) < 4.78 is 25.4. The summed E-state index contributed by atoms with van der Waals surface area (Å²) in [5.41, 5.74) is 5.58. The van der Waals surface area contributed by atoms with Crippen LogP contribution in [0, 0.1) is 17.8 Å². The first-order valence-corrected chi connectivity index (χ1v) is 13.1. The fourth-order valence-electron chi connectivity index (χ4n) is 4.53. The molecule has 4 atom stereocenters. The molecule has 2 aliphatic rings. The van der Waals surface area contributed by atoms with Crippen molar-refractivity contribution in [1.29, 1.82) is 0 Å². The smallest absolute Gasteiger partial charge is 0.309 e. The lowest BCUT2D eigenvalue weighted by Gasteiger charge is -2.35. The van der Waals surface area contributed by atoms with Gasteiger partial charge >= 0.3 is 17.9 Å². The fourth-order valence-corrected chi connectivity index (χ4v) is 4.53. The topological polar surface area (TPSA) is 174 Å². The zero-order valence-electron chi connectivity index (χ0n) is 23.6. The van der Waals surface area contributed by atoms with Gasteiger partial charge in [-0.05, 0) is 6.92 Å². The molecule has 4 rings (SSSR count). The van der Waals surface area contributed by atoms with E-state index in [4.69, 9.17) is 24.7 Å². The van der Waals surface area contributed by atoms with E-state index in [1.807, 2.05) is 0 Å². The van der Waals surface area contributed by atoms with Crippen LogP contribution < -0.4 is 11.1 Å². The van der Waals surface area contributed by atoms with E-state index < -0.39 is 65.6 Å². The number of hydrogen-bond acceptors (Lipinski definition) is 11. The fraction of sp³-hybridized carbons (Fsp3) is 0.556. The number of hydrogen-bond donors (Lipinski definition) is 2. The molecule has 0 aliphatic carbocycles. The molecule has 13 nitrogen and oxygen atoms in total. The number of nitrogens with two attached hydrogens (primary N) is 1. The van der Waals surface area contributed by atoms with Crippen LogP contribution in [0.15, 0.2) is 18.6 Å². The summed E-state index contributed by atoms with van der Waals surface area (Å²) in [5.74, 6) is -3.19. The minimum absolute atomic E-state index is 0.166. The van der Waals surface area contributed by atoms with E-state index in [9.17, 15) is 19.2 Å². The molecule has 0 saturated carbocycles. The van der Waals surface area contributed by atoms with Crippen molar-refractivity contribution in [2.75, 3.05) is 11.9 Å². The van der Waals surface area contributed by atoms with Crippen LogP contribution in [0.3, 0.4) is 0 Å². The summed E-state index contributed by atoms with van der Waals surface area (Å²) in [5, 5.41) is 3.13. The Morgan fingerprint density at radius 2 is 1.73 bits per heavy atom. The Bertz CT molecular complexity index is 1380. The van der Waals surface area contributed by atoms with Crippen LogP contribution in [0.2, 0.25) is 0 Å². The van der Waals surface area contributed by atoms with Crippen molar-refractivity contribution in [1.82, 2.24) is 14.5 Å². The number of rotatable bonds is 8. The maximum absolute atomic E-state index is 13.0. The molecule has 4 heterocycles. The number of carbonyl (C=O) groups is 4. The monoisotopic (exact) mass is 557 g/mol. The van der Waals surface area contributed by atoms with Gasteiger partial charge in [-0.25, -0.2) is 9.97 Å². The number of nitrogens with zero attached hydrogens (tertiary/aromatic N) is 3.